The third kappa shape index (κ3) is 11.7. The number of nitrogens with one attached hydrogen (secondary N) is 3. The Bertz CT molecular complexity index is 625. The highest BCUT2D eigenvalue weighted by Crippen LogP contribution is 2.11. The second-order valence-corrected chi connectivity index (χ2v) is 6.90. The second kappa shape index (κ2) is 16.3. The van der Waals surface area contributed by atoms with Crippen LogP contribution in [0.2, 0.25) is 0 Å². The minimum atomic E-state index is -0.303. The van der Waals surface area contributed by atoms with E-state index in [2.05, 4.69) is 20.9 Å². The van der Waals surface area contributed by atoms with E-state index in [1.54, 1.807) is 12.1 Å². The van der Waals surface area contributed by atoms with Gasteiger partial charge in [0.25, 0.3) is 0 Å². The smallest absolute Gasteiger partial charge is 0.224 e. The monoisotopic (exact) mass is 536 g/mol. The summed E-state index contributed by atoms with van der Waals surface area (Å²) in [6.07, 6.45) is 3.56. The zero-order valence-electron chi connectivity index (χ0n) is 17.6. The molecule has 30 heavy (non-hydrogen) atoms. The van der Waals surface area contributed by atoms with Gasteiger partial charge in [-0.25, -0.2) is 4.39 Å². The van der Waals surface area contributed by atoms with Gasteiger partial charge in [-0.05, 0) is 43.9 Å². The Balaban J connectivity index is 0.00000450. The molecule has 1 aliphatic heterocycles. The van der Waals surface area contributed by atoms with E-state index in [0.29, 0.717) is 32.8 Å². The number of amides is 1. The maximum Gasteiger partial charge on any atom is 0.224 e. The van der Waals surface area contributed by atoms with Crippen LogP contribution in [0.3, 0.4) is 0 Å². The molecule has 7 nitrogen and oxygen atoms in total. The van der Waals surface area contributed by atoms with Crippen LogP contribution in [0.15, 0.2) is 29.3 Å². The Morgan fingerprint density at radius 1 is 1.23 bits per heavy atom. The number of nitrogens with zero attached hydrogens (tertiary/aromatic N) is 1. The van der Waals surface area contributed by atoms with Crippen LogP contribution in [0.4, 0.5) is 4.39 Å². The fraction of sp³-hybridized carbons (Fsp3) is 0.619. The summed E-state index contributed by atoms with van der Waals surface area (Å²) in [6.45, 7) is 6.67. The number of hydrogen-bond acceptors (Lipinski definition) is 4. The van der Waals surface area contributed by atoms with E-state index in [1.165, 1.54) is 12.1 Å². The predicted molar refractivity (Wildman–Crippen MR) is 127 cm³/mol. The highest BCUT2D eigenvalue weighted by molar-refractivity contribution is 14.0. The van der Waals surface area contributed by atoms with Crippen molar-refractivity contribution < 1.29 is 18.7 Å². The molecule has 0 bridgehead atoms. The lowest BCUT2D eigenvalue weighted by Gasteiger charge is -2.12. The van der Waals surface area contributed by atoms with Crippen molar-refractivity contribution in [2.45, 2.75) is 38.7 Å². The second-order valence-electron chi connectivity index (χ2n) is 6.90. The van der Waals surface area contributed by atoms with Gasteiger partial charge in [0.15, 0.2) is 5.96 Å². The van der Waals surface area contributed by atoms with Crippen LogP contribution in [-0.4, -0.2) is 64.0 Å². The molecule has 3 N–H and O–H groups in total. The summed E-state index contributed by atoms with van der Waals surface area (Å²) < 4.78 is 24.0. The van der Waals surface area contributed by atoms with E-state index in [-0.39, 0.29) is 48.2 Å². The number of aliphatic imine (C=N–C) groups is 1. The summed E-state index contributed by atoms with van der Waals surface area (Å²) in [6, 6.07) is 5.95. The van der Waals surface area contributed by atoms with E-state index in [1.807, 2.05) is 6.92 Å². The van der Waals surface area contributed by atoms with Crippen molar-refractivity contribution in [1.29, 1.82) is 0 Å². The average Bonchev–Trinajstić information content (AvgIpc) is 3.23. The first-order valence-corrected chi connectivity index (χ1v) is 10.4. The molecular formula is C21H34FIN4O3. The molecule has 0 aromatic heterocycles. The van der Waals surface area contributed by atoms with E-state index >= 15 is 0 Å². The van der Waals surface area contributed by atoms with Crippen LogP contribution in [0.5, 0.6) is 0 Å². The fourth-order valence-electron chi connectivity index (χ4n) is 2.92. The van der Waals surface area contributed by atoms with Crippen molar-refractivity contribution in [3.05, 3.63) is 35.6 Å². The molecule has 1 aliphatic rings. The van der Waals surface area contributed by atoms with Gasteiger partial charge in [0.2, 0.25) is 5.91 Å². The molecule has 1 heterocycles. The third-order valence-corrected chi connectivity index (χ3v) is 4.41. The first-order chi connectivity index (χ1) is 14.2. The van der Waals surface area contributed by atoms with Crippen molar-refractivity contribution >= 4 is 35.8 Å². The molecule has 1 aromatic carbocycles. The lowest BCUT2D eigenvalue weighted by molar-refractivity contribution is -0.120. The summed E-state index contributed by atoms with van der Waals surface area (Å²) in [5.41, 5.74) is 0.786. The minimum absolute atomic E-state index is 0. The molecule has 1 unspecified atom stereocenters. The summed E-state index contributed by atoms with van der Waals surface area (Å²) >= 11 is 0. The summed E-state index contributed by atoms with van der Waals surface area (Å²) in [5.74, 6) is 0.325. The molecule has 1 aromatic rings. The average molecular weight is 536 g/mol. The predicted octanol–water partition coefficient (Wildman–Crippen LogP) is 2.24. The fourth-order valence-corrected chi connectivity index (χ4v) is 2.92. The molecule has 170 valence electrons. The Morgan fingerprint density at radius 2 is 2.00 bits per heavy atom. The zero-order valence-corrected chi connectivity index (χ0v) is 20.0. The first kappa shape index (κ1) is 26.6. The number of hydrogen-bond donors (Lipinski definition) is 3. The van der Waals surface area contributed by atoms with Crippen LogP contribution in [-0.2, 0) is 20.7 Å². The van der Waals surface area contributed by atoms with Crippen LogP contribution < -0.4 is 16.0 Å². The van der Waals surface area contributed by atoms with E-state index in [4.69, 9.17) is 9.47 Å². The molecule has 0 spiro atoms. The molecular weight excluding hydrogens is 502 g/mol. The standard InChI is InChI=1S/C21H33FN4O3.HI/c1-2-23-21(25-10-4-13-28-16-19-5-3-14-29-19)26-12-11-24-20(27)15-17-6-8-18(22)9-7-17;/h6-9,19H,2-5,10-16H2,1H3,(H,24,27)(H2,23,25,26);1H. The molecule has 2 rings (SSSR count). The van der Waals surface area contributed by atoms with Gasteiger partial charge >= 0.3 is 0 Å². The van der Waals surface area contributed by atoms with Crippen LogP contribution in [0.1, 0.15) is 31.7 Å². The van der Waals surface area contributed by atoms with Gasteiger partial charge in [0.05, 0.1) is 19.1 Å². The topological polar surface area (TPSA) is 84.0 Å². The van der Waals surface area contributed by atoms with Crippen molar-refractivity contribution in [3.8, 4) is 0 Å². The Labute approximate surface area is 195 Å². The van der Waals surface area contributed by atoms with Gasteiger partial charge in [-0.15, -0.1) is 24.0 Å². The van der Waals surface area contributed by atoms with Crippen LogP contribution in [0, 0.1) is 5.82 Å². The number of guanidine groups is 1. The van der Waals surface area contributed by atoms with Gasteiger partial charge < -0.3 is 25.4 Å². The summed E-state index contributed by atoms with van der Waals surface area (Å²) in [4.78, 5) is 16.4. The Kier molecular flexibility index (Phi) is 14.4. The molecule has 0 saturated carbocycles. The number of halogens is 2. The SMILES string of the molecule is CCNC(=NCCCOCC1CCCO1)NCCNC(=O)Cc1ccc(F)cc1.I. The molecule has 9 heteroatoms. The Hall–Kier alpha value is -1.46. The number of benzene rings is 1. The molecule has 1 saturated heterocycles. The first-order valence-electron chi connectivity index (χ1n) is 10.4. The highest BCUT2D eigenvalue weighted by Gasteiger charge is 2.14. The van der Waals surface area contributed by atoms with E-state index in [9.17, 15) is 9.18 Å². The van der Waals surface area contributed by atoms with Gasteiger partial charge in [0, 0.05) is 39.4 Å². The maximum atomic E-state index is 12.9. The normalized spacial score (nSPS) is 16.1. The lowest BCUT2D eigenvalue weighted by atomic mass is 10.1. The summed E-state index contributed by atoms with van der Waals surface area (Å²) in [7, 11) is 0. The minimum Gasteiger partial charge on any atom is -0.379 e. The number of carbonyl (C=O) groups excluding carboxylic acids is 1. The summed E-state index contributed by atoms with van der Waals surface area (Å²) in [5, 5.41) is 9.22. The third-order valence-electron chi connectivity index (χ3n) is 4.41. The van der Waals surface area contributed by atoms with Gasteiger partial charge in [-0.3, -0.25) is 9.79 Å². The van der Waals surface area contributed by atoms with E-state index < -0.39 is 0 Å². The van der Waals surface area contributed by atoms with Gasteiger partial charge in [-0.2, -0.15) is 0 Å². The molecule has 0 radical (unpaired) electrons. The largest absolute Gasteiger partial charge is 0.379 e. The van der Waals surface area contributed by atoms with Crippen molar-refractivity contribution in [3.63, 3.8) is 0 Å². The molecule has 1 atom stereocenters. The maximum absolute atomic E-state index is 12.9. The van der Waals surface area contributed by atoms with Crippen LogP contribution in [0.25, 0.3) is 0 Å². The number of rotatable bonds is 12. The van der Waals surface area contributed by atoms with Gasteiger partial charge in [0.1, 0.15) is 5.82 Å². The highest BCUT2D eigenvalue weighted by atomic mass is 127. The van der Waals surface area contributed by atoms with Crippen LogP contribution >= 0.6 is 24.0 Å². The number of ether oxygens (including phenoxy) is 2. The lowest BCUT2D eigenvalue weighted by Crippen LogP contribution is -2.41. The molecule has 1 fully saturated rings. The quantitative estimate of drug-likeness (QED) is 0.165. The van der Waals surface area contributed by atoms with Crippen molar-refractivity contribution in [2.75, 3.05) is 46.0 Å². The Morgan fingerprint density at radius 3 is 2.70 bits per heavy atom. The molecule has 1 amide bonds. The van der Waals surface area contributed by atoms with Crippen molar-refractivity contribution in [1.82, 2.24) is 16.0 Å². The molecule has 0 aliphatic carbocycles. The zero-order chi connectivity index (χ0) is 20.7. The number of carbonyl (C=O) groups is 1. The van der Waals surface area contributed by atoms with E-state index in [0.717, 1.165) is 43.9 Å². The van der Waals surface area contributed by atoms with Gasteiger partial charge in [-0.1, -0.05) is 12.1 Å². The van der Waals surface area contributed by atoms with Crippen molar-refractivity contribution in [2.24, 2.45) is 4.99 Å².